The van der Waals surface area contributed by atoms with Gasteiger partial charge in [0.2, 0.25) is 0 Å². The van der Waals surface area contributed by atoms with Crippen LogP contribution in [0.5, 0.6) is 0 Å². The van der Waals surface area contributed by atoms with Crippen LogP contribution in [0.15, 0.2) is 55.1 Å². The minimum atomic E-state index is 0.687. The summed E-state index contributed by atoms with van der Waals surface area (Å²) in [5, 5.41) is 8.71. The summed E-state index contributed by atoms with van der Waals surface area (Å²) in [5.41, 5.74) is 4.06. The van der Waals surface area contributed by atoms with Gasteiger partial charge in [0.15, 0.2) is 0 Å². The van der Waals surface area contributed by atoms with E-state index in [4.69, 9.17) is 5.26 Å². The van der Waals surface area contributed by atoms with Gasteiger partial charge in [0.05, 0.1) is 11.6 Å². The Balaban J connectivity index is 2.35. The van der Waals surface area contributed by atoms with E-state index >= 15 is 0 Å². The van der Waals surface area contributed by atoms with E-state index in [-0.39, 0.29) is 0 Å². The third-order valence-corrected chi connectivity index (χ3v) is 2.49. The lowest BCUT2D eigenvalue weighted by atomic mass is 10.0. The Hall–Kier alpha value is -2.33. The maximum Gasteiger partial charge on any atom is 0.0991 e. The van der Waals surface area contributed by atoms with Crippen molar-refractivity contribution in [3.8, 4) is 17.2 Å². The van der Waals surface area contributed by atoms with E-state index in [0.29, 0.717) is 5.56 Å². The van der Waals surface area contributed by atoms with Gasteiger partial charge in [-0.2, -0.15) is 5.26 Å². The van der Waals surface area contributed by atoms with Gasteiger partial charge >= 0.3 is 0 Å². The van der Waals surface area contributed by atoms with Gasteiger partial charge in [-0.1, -0.05) is 49.1 Å². The molecule has 0 unspecified atom stereocenters. The fourth-order valence-electron chi connectivity index (χ4n) is 1.55. The minimum Gasteiger partial charge on any atom is -0.192 e. The Morgan fingerprint density at radius 1 is 0.875 bits per heavy atom. The summed E-state index contributed by atoms with van der Waals surface area (Å²) in [4.78, 5) is 0. The highest BCUT2D eigenvalue weighted by atomic mass is 14.2. The van der Waals surface area contributed by atoms with Crippen LogP contribution in [0.3, 0.4) is 0 Å². The van der Waals surface area contributed by atoms with Crippen molar-refractivity contribution in [2.24, 2.45) is 0 Å². The van der Waals surface area contributed by atoms with Crippen LogP contribution in [-0.4, -0.2) is 0 Å². The highest BCUT2D eigenvalue weighted by Gasteiger charge is 1.97. The third-order valence-electron chi connectivity index (χ3n) is 2.49. The van der Waals surface area contributed by atoms with E-state index in [9.17, 15) is 0 Å². The van der Waals surface area contributed by atoms with Gasteiger partial charge in [-0.05, 0) is 28.8 Å². The summed E-state index contributed by atoms with van der Waals surface area (Å²) >= 11 is 0. The monoisotopic (exact) mass is 205 g/mol. The molecule has 0 bridgehead atoms. The molecule has 0 aliphatic carbocycles. The Morgan fingerprint density at radius 3 is 1.81 bits per heavy atom. The summed E-state index contributed by atoms with van der Waals surface area (Å²) < 4.78 is 0. The van der Waals surface area contributed by atoms with Crippen molar-refractivity contribution in [3.05, 3.63) is 66.2 Å². The maximum atomic E-state index is 8.71. The summed E-state index contributed by atoms with van der Waals surface area (Å²) in [6, 6.07) is 17.9. The predicted molar refractivity (Wildman–Crippen MR) is 66.7 cm³/mol. The van der Waals surface area contributed by atoms with E-state index in [1.807, 2.05) is 42.5 Å². The van der Waals surface area contributed by atoms with Crippen LogP contribution >= 0.6 is 0 Å². The molecule has 2 aromatic carbocycles. The van der Waals surface area contributed by atoms with Crippen LogP contribution in [0.25, 0.3) is 17.2 Å². The molecule has 2 rings (SSSR count). The highest BCUT2D eigenvalue weighted by molar-refractivity contribution is 5.66. The van der Waals surface area contributed by atoms with E-state index in [1.54, 1.807) is 0 Å². The quantitative estimate of drug-likeness (QED) is 0.730. The summed E-state index contributed by atoms with van der Waals surface area (Å²) in [7, 11) is 0. The zero-order valence-corrected chi connectivity index (χ0v) is 8.85. The van der Waals surface area contributed by atoms with Gasteiger partial charge in [0.1, 0.15) is 0 Å². The summed E-state index contributed by atoms with van der Waals surface area (Å²) in [6.07, 6.45) is 1.82. The maximum absolute atomic E-state index is 8.71. The van der Waals surface area contributed by atoms with Crippen LogP contribution in [0.4, 0.5) is 0 Å². The standard InChI is InChI=1S/C15H11N/c1-2-12-3-7-14(8-4-12)15-9-5-13(11-16)6-10-15/h2-10H,1H2. The molecule has 0 saturated heterocycles. The zero-order chi connectivity index (χ0) is 11.4. The van der Waals surface area contributed by atoms with Crippen LogP contribution in [0.1, 0.15) is 11.1 Å². The number of rotatable bonds is 2. The third kappa shape index (κ3) is 2.02. The lowest BCUT2D eigenvalue weighted by Crippen LogP contribution is -1.79. The van der Waals surface area contributed by atoms with E-state index in [0.717, 1.165) is 16.7 Å². The van der Waals surface area contributed by atoms with Crippen molar-refractivity contribution in [1.82, 2.24) is 0 Å². The van der Waals surface area contributed by atoms with Crippen LogP contribution < -0.4 is 0 Å². The second-order valence-corrected chi connectivity index (χ2v) is 3.52. The van der Waals surface area contributed by atoms with Crippen molar-refractivity contribution in [2.75, 3.05) is 0 Å². The van der Waals surface area contributed by atoms with Crippen molar-refractivity contribution in [2.45, 2.75) is 0 Å². The summed E-state index contributed by atoms with van der Waals surface area (Å²) in [6.45, 7) is 3.72. The van der Waals surface area contributed by atoms with Crippen molar-refractivity contribution in [1.29, 1.82) is 5.26 Å². The molecule has 0 saturated carbocycles. The topological polar surface area (TPSA) is 23.8 Å². The predicted octanol–water partition coefficient (Wildman–Crippen LogP) is 3.87. The second-order valence-electron chi connectivity index (χ2n) is 3.52. The van der Waals surface area contributed by atoms with Gasteiger partial charge in [0.25, 0.3) is 0 Å². The number of benzene rings is 2. The second kappa shape index (κ2) is 4.46. The van der Waals surface area contributed by atoms with Gasteiger partial charge < -0.3 is 0 Å². The number of nitriles is 1. The molecular weight excluding hydrogens is 194 g/mol. The fraction of sp³-hybridized carbons (Fsp3) is 0. The number of hydrogen-bond donors (Lipinski definition) is 0. The molecular formula is C15H11N. The fourth-order valence-corrected chi connectivity index (χ4v) is 1.55. The van der Waals surface area contributed by atoms with Gasteiger partial charge in [-0.15, -0.1) is 0 Å². The Kier molecular flexibility index (Phi) is 2.84. The molecule has 0 heterocycles. The van der Waals surface area contributed by atoms with Crippen LogP contribution in [0.2, 0.25) is 0 Å². The largest absolute Gasteiger partial charge is 0.192 e. The molecule has 0 N–H and O–H groups in total. The number of nitrogens with zero attached hydrogens (tertiary/aromatic N) is 1. The SMILES string of the molecule is C=Cc1ccc(-c2ccc(C#N)cc2)cc1. The zero-order valence-electron chi connectivity index (χ0n) is 8.85. The van der Waals surface area contributed by atoms with Gasteiger partial charge in [-0.25, -0.2) is 0 Å². The van der Waals surface area contributed by atoms with Crippen molar-refractivity contribution in [3.63, 3.8) is 0 Å². The molecule has 0 spiro atoms. The first kappa shape index (κ1) is 10.2. The van der Waals surface area contributed by atoms with Gasteiger partial charge in [-0.3, -0.25) is 0 Å². The molecule has 0 fully saturated rings. The van der Waals surface area contributed by atoms with Crippen LogP contribution in [-0.2, 0) is 0 Å². The van der Waals surface area contributed by atoms with Crippen molar-refractivity contribution < 1.29 is 0 Å². The average Bonchev–Trinajstić information content (AvgIpc) is 2.39. The van der Waals surface area contributed by atoms with Crippen molar-refractivity contribution >= 4 is 6.08 Å². The Labute approximate surface area is 95.3 Å². The molecule has 0 aliphatic rings. The molecule has 1 nitrogen and oxygen atoms in total. The normalized spacial score (nSPS) is 9.44. The minimum absolute atomic E-state index is 0.687. The molecule has 0 aliphatic heterocycles. The molecule has 0 aromatic heterocycles. The Morgan fingerprint density at radius 2 is 1.38 bits per heavy atom. The molecule has 2 aromatic rings. The molecule has 0 radical (unpaired) electrons. The van der Waals surface area contributed by atoms with Crippen LogP contribution in [0, 0.1) is 11.3 Å². The first-order valence-electron chi connectivity index (χ1n) is 5.06. The Bertz CT molecular complexity index is 527. The molecule has 76 valence electrons. The smallest absolute Gasteiger partial charge is 0.0991 e. The summed E-state index contributed by atoms with van der Waals surface area (Å²) in [5.74, 6) is 0. The average molecular weight is 205 g/mol. The van der Waals surface area contributed by atoms with Gasteiger partial charge in [0, 0.05) is 0 Å². The molecule has 0 amide bonds. The van der Waals surface area contributed by atoms with E-state index < -0.39 is 0 Å². The molecule has 0 atom stereocenters. The lowest BCUT2D eigenvalue weighted by Gasteiger charge is -2.02. The first-order chi connectivity index (χ1) is 7.83. The molecule has 16 heavy (non-hydrogen) atoms. The van der Waals surface area contributed by atoms with E-state index in [2.05, 4.69) is 24.8 Å². The first-order valence-corrected chi connectivity index (χ1v) is 5.06. The molecule has 1 heteroatoms. The lowest BCUT2D eigenvalue weighted by molar-refractivity contribution is 1.48. The van der Waals surface area contributed by atoms with E-state index in [1.165, 1.54) is 0 Å². The number of hydrogen-bond acceptors (Lipinski definition) is 1. The highest BCUT2D eigenvalue weighted by Crippen LogP contribution is 2.20.